The van der Waals surface area contributed by atoms with E-state index >= 15 is 4.39 Å². The lowest BCUT2D eigenvalue weighted by Crippen LogP contribution is -2.50. The number of nitrogens with zero attached hydrogens (tertiary/aromatic N) is 3. The van der Waals surface area contributed by atoms with Gasteiger partial charge < -0.3 is 14.4 Å². The average Bonchev–Trinajstić information content (AvgIpc) is 3.01. The van der Waals surface area contributed by atoms with Gasteiger partial charge in [-0.15, -0.1) is 0 Å². The number of nitriles is 2. The summed E-state index contributed by atoms with van der Waals surface area (Å²) in [6.07, 6.45) is 0.564. The van der Waals surface area contributed by atoms with E-state index in [2.05, 4.69) is 6.07 Å². The molecule has 0 unspecified atom stereocenters. The molecule has 0 spiro atoms. The van der Waals surface area contributed by atoms with Gasteiger partial charge in [-0.2, -0.15) is 14.9 Å². The highest BCUT2D eigenvalue weighted by Gasteiger charge is 2.58. The van der Waals surface area contributed by atoms with Crippen molar-refractivity contribution < 1.29 is 13.9 Å². The molecule has 0 saturated carbocycles. The Hall–Kier alpha value is -3.51. The van der Waals surface area contributed by atoms with Gasteiger partial charge in [0.05, 0.1) is 20.3 Å². The van der Waals surface area contributed by atoms with Crippen LogP contribution in [0.25, 0.3) is 0 Å². The predicted molar refractivity (Wildman–Crippen MR) is 100 cm³/mol. The number of ether oxygens (including phenoxy) is 2. The Morgan fingerprint density at radius 3 is 2.39 bits per heavy atom. The summed E-state index contributed by atoms with van der Waals surface area (Å²) in [5, 5.41) is 19.6. The molecule has 6 heteroatoms. The van der Waals surface area contributed by atoms with Crippen molar-refractivity contribution in [1.82, 2.24) is 4.90 Å². The van der Waals surface area contributed by atoms with Crippen LogP contribution in [0.2, 0.25) is 0 Å². The zero-order valence-electron chi connectivity index (χ0n) is 15.6. The number of hydrogen-bond donors (Lipinski definition) is 0. The molecule has 0 saturated heterocycles. The highest BCUT2D eigenvalue weighted by atomic mass is 19.1. The van der Waals surface area contributed by atoms with Crippen LogP contribution in [-0.4, -0.2) is 25.7 Å². The van der Waals surface area contributed by atoms with Gasteiger partial charge in [-0.25, -0.2) is 0 Å². The first-order valence-electron chi connectivity index (χ1n) is 8.91. The normalized spacial score (nSPS) is 22.8. The molecule has 2 aliphatic rings. The van der Waals surface area contributed by atoms with Gasteiger partial charge in [-0.1, -0.05) is 30.3 Å². The van der Waals surface area contributed by atoms with Crippen LogP contribution in [-0.2, 0) is 12.0 Å². The fourth-order valence-corrected chi connectivity index (χ4v) is 4.51. The summed E-state index contributed by atoms with van der Waals surface area (Å²) in [5.41, 5.74) is 1.21. The Balaban J connectivity index is 2.10. The standard InChI is InChI=1S/C22H18FN3O2/c1-27-19-10-14-8-9-26-21(23)16(12-24)18(13-25)22(26,15-6-4-3-5-7-15)17(14)11-20(19)28-2/h3-7,10-11,18H,8-9H2,1-2H3/t18-,22-/m1/s1. The largest absolute Gasteiger partial charge is 0.493 e. The molecule has 0 aliphatic carbocycles. The van der Waals surface area contributed by atoms with Crippen LogP contribution in [0, 0.1) is 28.6 Å². The van der Waals surface area contributed by atoms with E-state index < -0.39 is 17.4 Å². The van der Waals surface area contributed by atoms with Crippen molar-refractivity contribution in [1.29, 1.82) is 10.5 Å². The first-order chi connectivity index (χ1) is 13.6. The lowest BCUT2D eigenvalue weighted by Gasteiger charge is -2.47. The third-order valence-corrected chi connectivity index (χ3v) is 5.68. The minimum absolute atomic E-state index is 0.131. The zero-order valence-corrected chi connectivity index (χ0v) is 15.6. The SMILES string of the molecule is COc1cc2c(cc1OC)[C@]1(c3ccccc3)[C@H](C#N)C(C#N)=C(F)N1CC2. The maximum absolute atomic E-state index is 15.3. The van der Waals surface area contributed by atoms with Gasteiger partial charge in [0.25, 0.3) is 0 Å². The van der Waals surface area contributed by atoms with Crippen molar-refractivity contribution in [2.24, 2.45) is 5.92 Å². The van der Waals surface area contributed by atoms with E-state index in [1.54, 1.807) is 12.0 Å². The van der Waals surface area contributed by atoms with Crippen LogP contribution in [0.4, 0.5) is 4.39 Å². The van der Waals surface area contributed by atoms with Crippen LogP contribution in [0.1, 0.15) is 16.7 Å². The van der Waals surface area contributed by atoms with E-state index in [0.717, 1.165) is 16.7 Å². The quantitative estimate of drug-likeness (QED) is 0.766. The summed E-state index contributed by atoms with van der Waals surface area (Å²) in [6.45, 7) is 0.354. The van der Waals surface area contributed by atoms with E-state index in [4.69, 9.17) is 9.47 Å². The molecule has 0 bridgehead atoms. The summed E-state index contributed by atoms with van der Waals surface area (Å²) in [7, 11) is 3.10. The van der Waals surface area contributed by atoms with Crippen molar-refractivity contribution in [3.05, 3.63) is 70.7 Å². The molecular formula is C22H18FN3O2. The molecule has 2 atom stereocenters. The summed E-state index contributed by atoms with van der Waals surface area (Å²) in [6, 6.07) is 17.2. The summed E-state index contributed by atoms with van der Waals surface area (Å²) >= 11 is 0. The minimum atomic E-state index is -1.13. The van der Waals surface area contributed by atoms with Gasteiger partial charge in [0, 0.05) is 6.54 Å². The highest BCUT2D eigenvalue weighted by molar-refractivity contribution is 5.60. The molecule has 0 radical (unpaired) electrons. The lowest BCUT2D eigenvalue weighted by molar-refractivity contribution is 0.126. The fraction of sp³-hybridized carbons (Fsp3) is 0.273. The molecule has 0 N–H and O–H groups in total. The molecule has 2 heterocycles. The van der Waals surface area contributed by atoms with Crippen molar-refractivity contribution in [3.8, 4) is 23.6 Å². The minimum Gasteiger partial charge on any atom is -0.493 e. The van der Waals surface area contributed by atoms with Gasteiger partial charge in [-0.05, 0) is 35.2 Å². The van der Waals surface area contributed by atoms with Crippen LogP contribution in [0.3, 0.4) is 0 Å². The average molecular weight is 375 g/mol. The molecule has 0 aromatic heterocycles. The first kappa shape index (κ1) is 17.9. The van der Waals surface area contributed by atoms with E-state index in [1.165, 1.54) is 7.11 Å². The van der Waals surface area contributed by atoms with Gasteiger partial charge >= 0.3 is 0 Å². The number of hydrogen-bond acceptors (Lipinski definition) is 5. The molecule has 4 rings (SSSR count). The second-order valence-electron chi connectivity index (χ2n) is 6.78. The number of methoxy groups -OCH3 is 2. The second kappa shape index (κ2) is 6.58. The molecule has 2 aromatic carbocycles. The second-order valence-corrected chi connectivity index (χ2v) is 6.78. The fourth-order valence-electron chi connectivity index (χ4n) is 4.51. The van der Waals surface area contributed by atoms with Crippen molar-refractivity contribution >= 4 is 0 Å². The molecule has 140 valence electrons. The predicted octanol–water partition coefficient (Wildman–Crippen LogP) is 3.66. The highest BCUT2D eigenvalue weighted by Crippen LogP contribution is 2.56. The summed E-state index contributed by atoms with van der Waals surface area (Å²) in [5.74, 6) is -0.519. The van der Waals surface area contributed by atoms with Gasteiger partial charge in [-0.3, -0.25) is 0 Å². The molecule has 5 nitrogen and oxygen atoms in total. The Labute approximate surface area is 162 Å². The zero-order chi connectivity index (χ0) is 19.9. The summed E-state index contributed by atoms with van der Waals surface area (Å²) < 4.78 is 26.2. The van der Waals surface area contributed by atoms with Crippen molar-refractivity contribution in [2.45, 2.75) is 12.0 Å². The maximum atomic E-state index is 15.3. The Morgan fingerprint density at radius 1 is 1.11 bits per heavy atom. The van der Waals surface area contributed by atoms with Gasteiger partial charge in [0.2, 0.25) is 5.95 Å². The maximum Gasteiger partial charge on any atom is 0.206 e. The monoisotopic (exact) mass is 375 g/mol. The topological polar surface area (TPSA) is 69.3 Å². The molecule has 2 aliphatic heterocycles. The Bertz CT molecular complexity index is 1050. The number of benzene rings is 2. The van der Waals surface area contributed by atoms with Crippen LogP contribution in [0.15, 0.2) is 54.0 Å². The van der Waals surface area contributed by atoms with E-state index in [-0.39, 0.29) is 5.57 Å². The first-order valence-corrected chi connectivity index (χ1v) is 8.91. The van der Waals surface area contributed by atoms with Gasteiger partial charge in [0.1, 0.15) is 23.1 Å². The smallest absolute Gasteiger partial charge is 0.206 e. The third-order valence-electron chi connectivity index (χ3n) is 5.68. The third kappa shape index (κ3) is 2.15. The molecular weight excluding hydrogens is 357 g/mol. The Morgan fingerprint density at radius 2 is 1.79 bits per heavy atom. The van der Waals surface area contributed by atoms with Crippen molar-refractivity contribution in [3.63, 3.8) is 0 Å². The number of fused-ring (bicyclic) bond motifs is 3. The van der Waals surface area contributed by atoms with Crippen LogP contribution in [0.5, 0.6) is 11.5 Å². The summed E-state index contributed by atoms with van der Waals surface area (Å²) in [4.78, 5) is 1.56. The molecule has 0 fully saturated rings. The van der Waals surface area contributed by atoms with Crippen LogP contribution < -0.4 is 9.47 Å². The Kier molecular flexibility index (Phi) is 4.20. The van der Waals surface area contributed by atoms with E-state index in [1.807, 2.05) is 48.5 Å². The molecule has 2 aromatic rings. The van der Waals surface area contributed by atoms with E-state index in [9.17, 15) is 10.5 Å². The van der Waals surface area contributed by atoms with E-state index in [0.29, 0.717) is 24.5 Å². The molecule has 28 heavy (non-hydrogen) atoms. The molecule has 0 amide bonds. The van der Waals surface area contributed by atoms with Gasteiger partial charge in [0.15, 0.2) is 11.5 Å². The lowest BCUT2D eigenvalue weighted by atomic mass is 9.68. The number of rotatable bonds is 3. The van der Waals surface area contributed by atoms with Crippen molar-refractivity contribution in [2.75, 3.05) is 20.8 Å². The number of halogens is 1. The van der Waals surface area contributed by atoms with Crippen LogP contribution >= 0.6 is 0 Å².